The summed E-state index contributed by atoms with van der Waals surface area (Å²) in [5, 5.41) is 5.98. The van der Waals surface area contributed by atoms with Gasteiger partial charge in [0.25, 0.3) is 5.91 Å². The minimum absolute atomic E-state index is 0.00694. The zero-order chi connectivity index (χ0) is 22.2. The van der Waals surface area contributed by atoms with E-state index < -0.39 is 5.97 Å². The summed E-state index contributed by atoms with van der Waals surface area (Å²) >= 11 is 0. The van der Waals surface area contributed by atoms with Crippen molar-refractivity contribution in [2.75, 3.05) is 25.1 Å². The molecule has 0 radical (unpaired) electrons. The van der Waals surface area contributed by atoms with Crippen LogP contribution in [0.1, 0.15) is 48.1 Å². The lowest BCUT2D eigenvalue weighted by Gasteiger charge is -2.35. The molecule has 1 aliphatic rings. The SMILES string of the molecule is COC(=O)CC(=O)NC1CCN(c2ccccc2C(=O)N[C@@H](C)c2ccccc2)CC1. The van der Waals surface area contributed by atoms with Crippen LogP contribution in [0.3, 0.4) is 0 Å². The third-order valence-electron chi connectivity index (χ3n) is 5.53. The summed E-state index contributed by atoms with van der Waals surface area (Å²) in [4.78, 5) is 38.3. The van der Waals surface area contributed by atoms with Gasteiger partial charge in [-0.05, 0) is 37.5 Å². The number of rotatable bonds is 7. The quantitative estimate of drug-likeness (QED) is 0.528. The predicted molar refractivity (Wildman–Crippen MR) is 119 cm³/mol. The van der Waals surface area contributed by atoms with Gasteiger partial charge in [-0.1, -0.05) is 42.5 Å². The largest absolute Gasteiger partial charge is 0.469 e. The molecule has 31 heavy (non-hydrogen) atoms. The Morgan fingerprint density at radius 3 is 2.35 bits per heavy atom. The molecule has 1 heterocycles. The lowest BCUT2D eigenvalue weighted by Crippen LogP contribution is -2.45. The summed E-state index contributed by atoms with van der Waals surface area (Å²) in [6.07, 6.45) is 1.21. The van der Waals surface area contributed by atoms with Crippen LogP contribution in [0.25, 0.3) is 0 Å². The van der Waals surface area contributed by atoms with Gasteiger partial charge < -0.3 is 20.3 Å². The number of nitrogens with zero attached hydrogens (tertiary/aromatic N) is 1. The number of carbonyl (C=O) groups excluding carboxylic acids is 3. The fourth-order valence-corrected chi connectivity index (χ4v) is 3.79. The highest BCUT2D eigenvalue weighted by atomic mass is 16.5. The van der Waals surface area contributed by atoms with E-state index in [0.29, 0.717) is 18.7 Å². The number of benzene rings is 2. The molecule has 3 rings (SSSR count). The molecule has 2 N–H and O–H groups in total. The lowest BCUT2D eigenvalue weighted by atomic mass is 10.0. The van der Waals surface area contributed by atoms with Crippen molar-refractivity contribution >= 4 is 23.5 Å². The molecule has 1 atom stereocenters. The topological polar surface area (TPSA) is 87.7 Å². The second kappa shape index (κ2) is 10.6. The summed E-state index contributed by atoms with van der Waals surface area (Å²) in [7, 11) is 1.27. The lowest BCUT2D eigenvalue weighted by molar-refractivity contribution is -0.144. The van der Waals surface area contributed by atoms with Crippen LogP contribution >= 0.6 is 0 Å². The van der Waals surface area contributed by atoms with Crippen molar-refractivity contribution < 1.29 is 19.1 Å². The molecular formula is C24H29N3O4. The first-order valence-corrected chi connectivity index (χ1v) is 10.5. The molecule has 0 aliphatic carbocycles. The molecule has 1 fully saturated rings. The van der Waals surface area contributed by atoms with Crippen molar-refractivity contribution in [1.82, 2.24) is 10.6 Å². The maximum absolute atomic E-state index is 13.0. The van der Waals surface area contributed by atoms with Crippen molar-refractivity contribution in [2.24, 2.45) is 0 Å². The Balaban J connectivity index is 1.60. The first-order valence-electron chi connectivity index (χ1n) is 10.5. The molecule has 2 aromatic carbocycles. The highest BCUT2D eigenvalue weighted by Gasteiger charge is 2.24. The van der Waals surface area contributed by atoms with E-state index in [1.807, 2.05) is 61.5 Å². The van der Waals surface area contributed by atoms with Gasteiger partial charge in [-0.2, -0.15) is 0 Å². The average molecular weight is 424 g/mol. The molecule has 0 bridgehead atoms. The van der Waals surface area contributed by atoms with E-state index in [1.54, 1.807) is 0 Å². The molecule has 0 aromatic heterocycles. The van der Waals surface area contributed by atoms with E-state index >= 15 is 0 Å². The molecule has 0 unspecified atom stereocenters. The molecular weight excluding hydrogens is 394 g/mol. The highest BCUT2D eigenvalue weighted by molar-refractivity contribution is 6.00. The van der Waals surface area contributed by atoms with E-state index in [4.69, 9.17) is 0 Å². The van der Waals surface area contributed by atoms with Gasteiger partial charge in [0.05, 0.1) is 18.7 Å². The Bertz CT molecular complexity index is 908. The second-order valence-corrected chi connectivity index (χ2v) is 7.70. The van der Waals surface area contributed by atoms with E-state index in [-0.39, 0.29) is 30.3 Å². The van der Waals surface area contributed by atoms with Crippen molar-refractivity contribution in [3.05, 3.63) is 65.7 Å². The van der Waals surface area contributed by atoms with Gasteiger partial charge in [0, 0.05) is 24.8 Å². The third-order valence-corrected chi connectivity index (χ3v) is 5.53. The van der Waals surface area contributed by atoms with E-state index in [0.717, 1.165) is 24.1 Å². The van der Waals surface area contributed by atoms with Crippen molar-refractivity contribution in [2.45, 2.75) is 38.3 Å². The summed E-state index contributed by atoms with van der Waals surface area (Å²) in [5.41, 5.74) is 2.58. The van der Waals surface area contributed by atoms with Crippen molar-refractivity contribution in [1.29, 1.82) is 0 Å². The van der Waals surface area contributed by atoms with E-state index in [1.165, 1.54) is 7.11 Å². The van der Waals surface area contributed by atoms with E-state index in [2.05, 4.69) is 20.3 Å². The average Bonchev–Trinajstić information content (AvgIpc) is 2.80. The maximum atomic E-state index is 13.0. The number of carbonyl (C=O) groups is 3. The smallest absolute Gasteiger partial charge is 0.315 e. The minimum Gasteiger partial charge on any atom is -0.469 e. The molecule has 0 spiro atoms. The number of para-hydroxylation sites is 1. The standard InChI is InChI=1S/C24H29N3O4/c1-17(18-8-4-3-5-9-18)25-24(30)20-10-6-7-11-21(20)27-14-12-19(13-15-27)26-22(28)16-23(29)31-2/h3-11,17,19H,12-16H2,1-2H3,(H,25,30)(H,26,28)/t17-/m0/s1. The number of amides is 2. The van der Waals surface area contributed by atoms with Crippen LogP contribution in [0.15, 0.2) is 54.6 Å². The Kier molecular flexibility index (Phi) is 7.65. The predicted octanol–water partition coefficient (Wildman–Crippen LogP) is 2.83. The van der Waals surface area contributed by atoms with Gasteiger partial charge in [-0.15, -0.1) is 0 Å². The van der Waals surface area contributed by atoms with E-state index in [9.17, 15) is 14.4 Å². The zero-order valence-electron chi connectivity index (χ0n) is 18.0. The molecule has 7 nitrogen and oxygen atoms in total. The van der Waals surface area contributed by atoms with Crippen molar-refractivity contribution in [3.63, 3.8) is 0 Å². The number of piperidine rings is 1. The minimum atomic E-state index is -0.542. The van der Waals surface area contributed by atoms with Crippen LogP contribution in [0, 0.1) is 0 Å². The summed E-state index contributed by atoms with van der Waals surface area (Å²) in [5.74, 6) is -0.972. The summed E-state index contributed by atoms with van der Waals surface area (Å²) < 4.78 is 4.53. The summed E-state index contributed by atoms with van der Waals surface area (Å²) in [6, 6.07) is 17.4. The van der Waals surface area contributed by atoms with Crippen LogP contribution in [-0.4, -0.2) is 44.0 Å². The third kappa shape index (κ3) is 6.07. The van der Waals surface area contributed by atoms with Gasteiger partial charge in [0.1, 0.15) is 6.42 Å². The van der Waals surface area contributed by atoms with Crippen LogP contribution in [0.2, 0.25) is 0 Å². The molecule has 164 valence electrons. The fraction of sp³-hybridized carbons (Fsp3) is 0.375. The number of hydrogen-bond acceptors (Lipinski definition) is 5. The van der Waals surface area contributed by atoms with Gasteiger partial charge in [0.15, 0.2) is 0 Å². The highest BCUT2D eigenvalue weighted by Crippen LogP contribution is 2.25. The van der Waals surface area contributed by atoms with Gasteiger partial charge >= 0.3 is 5.97 Å². The molecule has 2 amide bonds. The van der Waals surface area contributed by atoms with Crippen LogP contribution in [-0.2, 0) is 14.3 Å². The van der Waals surface area contributed by atoms with Gasteiger partial charge in [-0.25, -0.2) is 0 Å². The second-order valence-electron chi connectivity index (χ2n) is 7.70. The number of nitrogens with one attached hydrogen (secondary N) is 2. The van der Waals surface area contributed by atoms with Crippen LogP contribution in [0.5, 0.6) is 0 Å². The van der Waals surface area contributed by atoms with Gasteiger partial charge in [-0.3, -0.25) is 14.4 Å². The number of anilines is 1. The Morgan fingerprint density at radius 2 is 1.68 bits per heavy atom. The molecule has 2 aromatic rings. The number of esters is 1. The molecule has 1 saturated heterocycles. The summed E-state index contributed by atoms with van der Waals surface area (Å²) in [6.45, 7) is 3.39. The van der Waals surface area contributed by atoms with Crippen molar-refractivity contribution in [3.8, 4) is 0 Å². The molecule has 1 aliphatic heterocycles. The first kappa shape index (κ1) is 22.3. The fourth-order valence-electron chi connectivity index (χ4n) is 3.79. The number of hydrogen-bond donors (Lipinski definition) is 2. The van der Waals surface area contributed by atoms with Crippen LogP contribution < -0.4 is 15.5 Å². The Morgan fingerprint density at radius 1 is 1.03 bits per heavy atom. The van der Waals surface area contributed by atoms with Crippen LogP contribution in [0.4, 0.5) is 5.69 Å². The number of ether oxygens (including phenoxy) is 1. The Hall–Kier alpha value is -3.35. The Labute approximate surface area is 182 Å². The normalized spacial score (nSPS) is 15.1. The van der Waals surface area contributed by atoms with Gasteiger partial charge in [0.2, 0.25) is 5.91 Å². The number of methoxy groups -OCH3 is 1. The first-order chi connectivity index (χ1) is 15.0. The molecule has 0 saturated carbocycles. The maximum Gasteiger partial charge on any atom is 0.315 e. The monoisotopic (exact) mass is 423 g/mol. The molecule has 7 heteroatoms. The zero-order valence-corrected chi connectivity index (χ0v) is 18.0.